The number of urea groups is 1. The molecule has 0 aromatic carbocycles. The van der Waals surface area contributed by atoms with Crippen molar-refractivity contribution in [3.8, 4) is 0 Å². The molecule has 3 atom stereocenters. The van der Waals surface area contributed by atoms with E-state index in [4.69, 9.17) is 9.84 Å². The molecule has 1 aliphatic carbocycles. The van der Waals surface area contributed by atoms with Gasteiger partial charge in [-0.25, -0.2) is 9.59 Å². The summed E-state index contributed by atoms with van der Waals surface area (Å²) >= 11 is 0. The summed E-state index contributed by atoms with van der Waals surface area (Å²) in [6.45, 7) is 2.21. The molecule has 0 spiro atoms. The third kappa shape index (κ3) is 5.92. The van der Waals surface area contributed by atoms with Crippen molar-refractivity contribution in [1.29, 1.82) is 0 Å². The van der Waals surface area contributed by atoms with E-state index in [1.807, 2.05) is 0 Å². The summed E-state index contributed by atoms with van der Waals surface area (Å²) in [7, 11) is 1.31. The Morgan fingerprint density at radius 2 is 2.05 bits per heavy atom. The van der Waals surface area contributed by atoms with Crippen LogP contribution >= 0.6 is 0 Å². The number of hydrogen-bond acceptors (Lipinski definition) is 3. The predicted octanol–water partition coefficient (Wildman–Crippen LogP) is 1.35. The van der Waals surface area contributed by atoms with Gasteiger partial charge < -0.3 is 20.5 Å². The number of hydrogen-bond donors (Lipinski definition) is 3. The number of carboxylic acids is 1. The molecular formula is C13H24N2O4. The van der Waals surface area contributed by atoms with Crippen molar-refractivity contribution in [2.24, 2.45) is 5.92 Å². The lowest BCUT2D eigenvalue weighted by atomic mass is 10.0. The number of nitrogens with one attached hydrogen (secondary N) is 2. The Labute approximate surface area is 113 Å². The number of carbonyl (C=O) groups excluding carboxylic acids is 1. The Morgan fingerprint density at radius 1 is 1.32 bits per heavy atom. The van der Waals surface area contributed by atoms with Crippen LogP contribution in [0.1, 0.15) is 39.0 Å². The number of ether oxygens (including phenoxy) is 1. The largest absolute Gasteiger partial charge is 0.479 e. The van der Waals surface area contributed by atoms with E-state index in [2.05, 4.69) is 17.6 Å². The molecule has 110 valence electrons. The van der Waals surface area contributed by atoms with Gasteiger partial charge in [0.15, 0.2) is 6.10 Å². The molecule has 3 N–H and O–H groups in total. The molecule has 6 nitrogen and oxygen atoms in total. The molecule has 3 unspecified atom stereocenters. The van der Waals surface area contributed by atoms with Crippen molar-refractivity contribution in [2.45, 2.75) is 51.2 Å². The maximum absolute atomic E-state index is 11.7. The Bertz CT molecular complexity index is 309. The van der Waals surface area contributed by atoms with Crippen LogP contribution < -0.4 is 10.6 Å². The Morgan fingerprint density at radius 3 is 2.68 bits per heavy atom. The normalized spacial score (nSPS) is 25.2. The molecule has 0 bridgehead atoms. The van der Waals surface area contributed by atoms with Crippen LogP contribution in [0.4, 0.5) is 4.79 Å². The van der Waals surface area contributed by atoms with E-state index in [0.29, 0.717) is 0 Å². The van der Waals surface area contributed by atoms with Gasteiger partial charge in [0, 0.05) is 13.2 Å². The average molecular weight is 272 g/mol. The van der Waals surface area contributed by atoms with Gasteiger partial charge >= 0.3 is 12.0 Å². The van der Waals surface area contributed by atoms with Gasteiger partial charge in [0.2, 0.25) is 0 Å². The maximum Gasteiger partial charge on any atom is 0.334 e. The maximum atomic E-state index is 11.7. The lowest BCUT2D eigenvalue weighted by molar-refractivity contribution is -0.147. The zero-order chi connectivity index (χ0) is 14.3. The molecule has 0 aromatic rings. The van der Waals surface area contributed by atoms with Crippen LogP contribution in [0.2, 0.25) is 0 Å². The highest BCUT2D eigenvalue weighted by atomic mass is 16.5. The molecule has 1 fully saturated rings. The number of rotatable bonds is 5. The van der Waals surface area contributed by atoms with Crippen molar-refractivity contribution in [3.05, 3.63) is 0 Å². The number of amides is 2. The number of carbonyl (C=O) groups is 2. The summed E-state index contributed by atoms with van der Waals surface area (Å²) in [5, 5.41) is 14.2. The molecule has 1 rings (SSSR count). The third-order valence-electron chi connectivity index (χ3n) is 3.60. The lowest BCUT2D eigenvalue weighted by Gasteiger charge is -2.18. The monoisotopic (exact) mass is 272 g/mol. The lowest BCUT2D eigenvalue weighted by Crippen LogP contribution is -2.46. The van der Waals surface area contributed by atoms with Crippen molar-refractivity contribution >= 4 is 12.0 Å². The molecule has 0 aliphatic heterocycles. The second kappa shape index (κ2) is 7.99. The highest BCUT2D eigenvalue weighted by Gasteiger charge is 2.20. The zero-order valence-corrected chi connectivity index (χ0v) is 11.6. The average Bonchev–Trinajstić information content (AvgIpc) is 2.55. The summed E-state index contributed by atoms with van der Waals surface area (Å²) in [6.07, 6.45) is 4.44. The standard InChI is InChI=1S/C13H24N2O4/c1-9-4-3-5-10(7-6-9)15-13(18)14-8-11(19-2)12(16)17/h9-11H,3-8H2,1-2H3,(H,16,17)(H2,14,15,18). The summed E-state index contributed by atoms with van der Waals surface area (Å²) in [5.74, 6) is -0.356. The fourth-order valence-electron chi connectivity index (χ4n) is 2.32. The molecule has 1 saturated carbocycles. The second-order valence-electron chi connectivity index (χ2n) is 5.23. The molecule has 0 saturated heterocycles. The minimum atomic E-state index is -1.08. The van der Waals surface area contributed by atoms with E-state index < -0.39 is 12.1 Å². The number of methoxy groups -OCH3 is 1. The Hall–Kier alpha value is -1.30. The SMILES string of the molecule is COC(CNC(=O)NC1CCCC(C)CC1)C(=O)O. The van der Waals surface area contributed by atoms with Gasteiger partial charge in [0.05, 0.1) is 6.54 Å². The third-order valence-corrected chi connectivity index (χ3v) is 3.60. The highest BCUT2D eigenvalue weighted by molar-refractivity contribution is 5.77. The van der Waals surface area contributed by atoms with Crippen LogP contribution in [0, 0.1) is 5.92 Å². The van der Waals surface area contributed by atoms with E-state index in [0.717, 1.165) is 31.6 Å². The summed E-state index contributed by atoms with van der Waals surface area (Å²) < 4.78 is 4.74. The van der Waals surface area contributed by atoms with Crippen LogP contribution in [-0.4, -0.2) is 42.9 Å². The minimum absolute atomic E-state index is 0.0270. The number of aliphatic carboxylic acids is 1. The van der Waals surface area contributed by atoms with Gasteiger partial charge in [-0.05, 0) is 25.2 Å². The van der Waals surface area contributed by atoms with E-state index in [1.54, 1.807) is 0 Å². The molecular weight excluding hydrogens is 248 g/mol. The van der Waals surface area contributed by atoms with Gasteiger partial charge in [-0.1, -0.05) is 19.8 Å². The first-order valence-electron chi connectivity index (χ1n) is 6.83. The quantitative estimate of drug-likeness (QED) is 0.659. The van der Waals surface area contributed by atoms with E-state index in [1.165, 1.54) is 13.5 Å². The zero-order valence-electron chi connectivity index (χ0n) is 11.6. The van der Waals surface area contributed by atoms with Gasteiger partial charge in [0.1, 0.15) is 0 Å². The predicted molar refractivity (Wildman–Crippen MR) is 71.0 cm³/mol. The molecule has 1 aliphatic rings. The van der Waals surface area contributed by atoms with Crippen LogP contribution in [0.15, 0.2) is 0 Å². The summed E-state index contributed by atoms with van der Waals surface area (Å²) in [5.41, 5.74) is 0. The van der Waals surface area contributed by atoms with Gasteiger partial charge in [-0.2, -0.15) is 0 Å². The molecule has 6 heteroatoms. The fourth-order valence-corrected chi connectivity index (χ4v) is 2.32. The van der Waals surface area contributed by atoms with Crippen molar-refractivity contribution in [1.82, 2.24) is 10.6 Å². The van der Waals surface area contributed by atoms with Crippen LogP contribution in [0.3, 0.4) is 0 Å². The van der Waals surface area contributed by atoms with E-state index in [9.17, 15) is 9.59 Å². The van der Waals surface area contributed by atoms with Crippen molar-refractivity contribution in [2.75, 3.05) is 13.7 Å². The summed E-state index contributed by atoms with van der Waals surface area (Å²) in [4.78, 5) is 22.4. The summed E-state index contributed by atoms with van der Waals surface area (Å²) in [6, 6.07) is -0.126. The van der Waals surface area contributed by atoms with Gasteiger partial charge in [0.25, 0.3) is 0 Å². The number of carboxylic acid groups (broad SMARTS) is 1. The van der Waals surface area contributed by atoms with Crippen molar-refractivity contribution < 1.29 is 19.4 Å². The van der Waals surface area contributed by atoms with Crippen LogP contribution in [-0.2, 0) is 9.53 Å². The molecule has 19 heavy (non-hydrogen) atoms. The molecule has 2 amide bonds. The molecule has 0 radical (unpaired) electrons. The Balaban J connectivity index is 2.28. The van der Waals surface area contributed by atoms with Crippen LogP contribution in [0.5, 0.6) is 0 Å². The minimum Gasteiger partial charge on any atom is -0.479 e. The smallest absolute Gasteiger partial charge is 0.334 e. The van der Waals surface area contributed by atoms with Crippen molar-refractivity contribution in [3.63, 3.8) is 0 Å². The first-order valence-corrected chi connectivity index (χ1v) is 6.83. The van der Waals surface area contributed by atoms with E-state index >= 15 is 0 Å². The van der Waals surface area contributed by atoms with E-state index in [-0.39, 0.29) is 18.6 Å². The first kappa shape index (κ1) is 15.8. The second-order valence-corrected chi connectivity index (χ2v) is 5.23. The van der Waals surface area contributed by atoms with Crippen LogP contribution in [0.25, 0.3) is 0 Å². The fraction of sp³-hybridized carbons (Fsp3) is 0.846. The van der Waals surface area contributed by atoms with Gasteiger partial charge in [-0.15, -0.1) is 0 Å². The first-order chi connectivity index (χ1) is 9.02. The topological polar surface area (TPSA) is 87.7 Å². The van der Waals surface area contributed by atoms with Gasteiger partial charge in [-0.3, -0.25) is 0 Å². The highest BCUT2D eigenvalue weighted by Crippen LogP contribution is 2.22. The Kier molecular flexibility index (Phi) is 6.62. The molecule has 0 heterocycles. The molecule has 0 aromatic heterocycles.